The van der Waals surface area contributed by atoms with Gasteiger partial charge in [-0.15, -0.1) is 0 Å². The van der Waals surface area contributed by atoms with Crippen LogP contribution in [0.4, 0.5) is 0 Å². The lowest BCUT2D eigenvalue weighted by molar-refractivity contribution is -0.136. The number of pyridine rings is 1. The van der Waals surface area contributed by atoms with Crippen LogP contribution in [0.5, 0.6) is 0 Å². The highest BCUT2D eigenvalue weighted by molar-refractivity contribution is 9.10. The van der Waals surface area contributed by atoms with E-state index in [9.17, 15) is 4.79 Å². The van der Waals surface area contributed by atoms with E-state index in [-0.39, 0.29) is 6.42 Å². The molecule has 3 nitrogen and oxygen atoms in total. The first-order valence-electron chi connectivity index (χ1n) is 5.08. The maximum atomic E-state index is 10.6. The number of carboxylic acid groups (broad SMARTS) is 1. The molecular formula is C13H10BrNO2. The van der Waals surface area contributed by atoms with Crippen LogP contribution in [0.1, 0.15) is 5.69 Å². The highest BCUT2D eigenvalue weighted by Crippen LogP contribution is 2.21. The van der Waals surface area contributed by atoms with Crippen molar-refractivity contribution in [3.8, 4) is 11.1 Å². The van der Waals surface area contributed by atoms with Gasteiger partial charge >= 0.3 is 5.97 Å². The standard InChI is InChI=1S/C13H10BrNO2/c14-11-3-1-9(2-4-11)10-5-6-15-12(7-10)8-13(16)17/h1-7H,8H2,(H,16,17). The molecule has 0 unspecified atom stereocenters. The molecule has 0 aliphatic carbocycles. The molecule has 0 spiro atoms. The first-order valence-corrected chi connectivity index (χ1v) is 5.87. The summed E-state index contributed by atoms with van der Waals surface area (Å²) in [5.41, 5.74) is 2.59. The first kappa shape index (κ1) is 11.8. The first-order chi connectivity index (χ1) is 8.15. The Hall–Kier alpha value is -1.68. The van der Waals surface area contributed by atoms with E-state index in [0.717, 1.165) is 15.6 Å². The number of nitrogens with zero attached hydrogens (tertiary/aromatic N) is 1. The number of benzene rings is 1. The largest absolute Gasteiger partial charge is 0.481 e. The Morgan fingerprint density at radius 2 is 1.88 bits per heavy atom. The molecule has 1 heterocycles. The molecule has 2 rings (SSSR count). The van der Waals surface area contributed by atoms with Crippen molar-refractivity contribution in [2.75, 3.05) is 0 Å². The lowest BCUT2D eigenvalue weighted by atomic mass is 10.1. The molecule has 0 aliphatic heterocycles. The topological polar surface area (TPSA) is 50.2 Å². The average Bonchev–Trinajstić information content (AvgIpc) is 2.29. The van der Waals surface area contributed by atoms with Crippen molar-refractivity contribution in [1.29, 1.82) is 0 Å². The predicted molar refractivity (Wildman–Crippen MR) is 68.7 cm³/mol. The van der Waals surface area contributed by atoms with Crippen molar-refractivity contribution in [3.63, 3.8) is 0 Å². The van der Waals surface area contributed by atoms with Crippen LogP contribution in [0.3, 0.4) is 0 Å². The van der Waals surface area contributed by atoms with Gasteiger partial charge in [-0.1, -0.05) is 28.1 Å². The van der Waals surface area contributed by atoms with Gasteiger partial charge in [-0.25, -0.2) is 0 Å². The van der Waals surface area contributed by atoms with Gasteiger partial charge in [-0.05, 0) is 35.4 Å². The van der Waals surface area contributed by atoms with Crippen LogP contribution in [0.2, 0.25) is 0 Å². The molecule has 0 radical (unpaired) electrons. The fraction of sp³-hybridized carbons (Fsp3) is 0.0769. The number of rotatable bonds is 3. The van der Waals surface area contributed by atoms with Crippen LogP contribution in [-0.2, 0) is 11.2 Å². The molecule has 1 aromatic carbocycles. The predicted octanol–water partition coefficient (Wildman–Crippen LogP) is 3.14. The van der Waals surface area contributed by atoms with Gasteiger partial charge in [0.2, 0.25) is 0 Å². The molecule has 0 amide bonds. The monoisotopic (exact) mass is 291 g/mol. The number of aliphatic carboxylic acids is 1. The van der Waals surface area contributed by atoms with E-state index in [2.05, 4.69) is 20.9 Å². The Bertz CT molecular complexity index is 537. The molecule has 0 saturated heterocycles. The van der Waals surface area contributed by atoms with E-state index in [1.165, 1.54) is 0 Å². The number of hydrogen-bond acceptors (Lipinski definition) is 2. The minimum Gasteiger partial charge on any atom is -0.481 e. The normalized spacial score (nSPS) is 10.2. The molecule has 0 saturated carbocycles. The molecule has 0 aliphatic rings. The number of hydrogen-bond donors (Lipinski definition) is 1. The Morgan fingerprint density at radius 1 is 1.18 bits per heavy atom. The molecule has 0 fully saturated rings. The van der Waals surface area contributed by atoms with Crippen molar-refractivity contribution < 1.29 is 9.90 Å². The fourth-order valence-electron chi connectivity index (χ4n) is 1.55. The van der Waals surface area contributed by atoms with Crippen LogP contribution >= 0.6 is 15.9 Å². The Morgan fingerprint density at radius 3 is 2.53 bits per heavy atom. The molecular weight excluding hydrogens is 282 g/mol. The summed E-state index contributed by atoms with van der Waals surface area (Å²) < 4.78 is 1.01. The fourth-order valence-corrected chi connectivity index (χ4v) is 1.82. The van der Waals surface area contributed by atoms with E-state index in [4.69, 9.17) is 5.11 Å². The second-order valence-electron chi connectivity index (χ2n) is 3.61. The van der Waals surface area contributed by atoms with E-state index in [0.29, 0.717) is 5.69 Å². The van der Waals surface area contributed by atoms with Crippen molar-refractivity contribution in [2.24, 2.45) is 0 Å². The third-order valence-electron chi connectivity index (χ3n) is 2.33. The SMILES string of the molecule is O=C(O)Cc1cc(-c2ccc(Br)cc2)ccn1. The maximum Gasteiger partial charge on any atom is 0.309 e. The zero-order valence-corrected chi connectivity index (χ0v) is 10.5. The highest BCUT2D eigenvalue weighted by atomic mass is 79.9. The van der Waals surface area contributed by atoms with Crippen LogP contribution < -0.4 is 0 Å². The summed E-state index contributed by atoms with van der Waals surface area (Å²) in [7, 11) is 0. The summed E-state index contributed by atoms with van der Waals surface area (Å²) in [6.07, 6.45) is 1.58. The lowest BCUT2D eigenvalue weighted by Crippen LogP contribution is -2.02. The second-order valence-corrected chi connectivity index (χ2v) is 4.53. The third kappa shape index (κ3) is 3.14. The number of halogens is 1. The third-order valence-corrected chi connectivity index (χ3v) is 2.86. The minimum absolute atomic E-state index is 0.0512. The van der Waals surface area contributed by atoms with E-state index < -0.39 is 5.97 Å². The molecule has 0 bridgehead atoms. The van der Waals surface area contributed by atoms with Crippen molar-refractivity contribution in [3.05, 3.63) is 52.8 Å². The summed E-state index contributed by atoms with van der Waals surface area (Å²) in [6.45, 7) is 0. The van der Waals surface area contributed by atoms with Gasteiger partial charge in [0, 0.05) is 10.7 Å². The summed E-state index contributed by atoms with van der Waals surface area (Å²) in [6, 6.07) is 11.5. The van der Waals surface area contributed by atoms with Crippen LogP contribution in [0, 0.1) is 0 Å². The van der Waals surface area contributed by atoms with Gasteiger partial charge in [0.15, 0.2) is 0 Å². The van der Waals surface area contributed by atoms with Crippen LogP contribution in [0.25, 0.3) is 11.1 Å². The second kappa shape index (κ2) is 5.10. The molecule has 1 N–H and O–H groups in total. The zero-order valence-electron chi connectivity index (χ0n) is 8.93. The average molecular weight is 292 g/mol. The number of carbonyl (C=O) groups is 1. The summed E-state index contributed by atoms with van der Waals surface area (Å²) in [5.74, 6) is -0.870. The van der Waals surface area contributed by atoms with Crippen molar-refractivity contribution >= 4 is 21.9 Å². The van der Waals surface area contributed by atoms with Gasteiger partial charge in [0.1, 0.15) is 0 Å². The van der Waals surface area contributed by atoms with Gasteiger partial charge in [0.05, 0.1) is 12.1 Å². The van der Waals surface area contributed by atoms with Crippen molar-refractivity contribution in [2.45, 2.75) is 6.42 Å². The van der Waals surface area contributed by atoms with Gasteiger partial charge in [-0.2, -0.15) is 0 Å². The molecule has 17 heavy (non-hydrogen) atoms. The molecule has 0 atom stereocenters. The van der Waals surface area contributed by atoms with E-state index >= 15 is 0 Å². The van der Waals surface area contributed by atoms with Gasteiger partial charge in [0.25, 0.3) is 0 Å². The van der Waals surface area contributed by atoms with Crippen LogP contribution in [0.15, 0.2) is 47.1 Å². The summed E-state index contributed by atoms with van der Waals surface area (Å²) in [5, 5.41) is 8.72. The highest BCUT2D eigenvalue weighted by Gasteiger charge is 2.04. The lowest BCUT2D eigenvalue weighted by Gasteiger charge is -2.03. The smallest absolute Gasteiger partial charge is 0.309 e. The summed E-state index contributed by atoms with van der Waals surface area (Å²) in [4.78, 5) is 14.6. The van der Waals surface area contributed by atoms with E-state index in [1.54, 1.807) is 12.3 Å². The van der Waals surface area contributed by atoms with Gasteiger partial charge in [-0.3, -0.25) is 9.78 Å². The summed E-state index contributed by atoms with van der Waals surface area (Å²) >= 11 is 3.38. The van der Waals surface area contributed by atoms with Crippen molar-refractivity contribution in [1.82, 2.24) is 4.98 Å². The number of aromatic nitrogens is 1. The van der Waals surface area contributed by atoms with Crippen LogP contribution in [-0.4, -0.2) is 16.1 Å². The van der Waals surface area contributed by atoms with E-state index in [1.807, 2.05) is 30.3 Å². The quantitative estimate of drug-likeness (QED) is 0.945. The van der Waals surface area contributed by atoms with Gasteiger partial charge < -0.3 is 5.11 Å². The number of carboxylic acids is 1. The molecule has 86 valence electrons. The maximum absolute atomic E-state index is 10.6. The molecule has 4 heteroatoms. The zero-order chi connectivity index (χ0) is 12.3. The molecule has 1 aromatic heterocycles. The molecule has 2 aromatic rings. The Labute approximate surface area is 107 Å². The Kier molecular flexibility index (Phi) is 3.54. The Balaban J connectivity index is 2.32. The minimum atomic E-state index is -0.870.